The zero-order valence-corrected chi connectivity index (χ0v) is 12.7. The predicted molar refractivity (Wildman–Crippen MR) is 78.8 cm³/mol. The number of nitrogens with one attached hydrogen (secondary N) is 1. The Kier molecular flexibility index (Phi) is 5.18. The van der Waals surface area contributed by atoms with Gasteiger partial charge >= 0.3 is 0 Å². The van der Waals surface area contributed by atoms with Gasteiger partial charge in [0.15, 0.2) is 0 Å². The summed E-state index contributed by atoms with van der Waals surface area (Å²) in [6.07, 6.45) is 5.35. The van der Waals surface area contributed by atoms with Crippen LogP contribution in [0.5, 0.6) is 0 Å². The van der Waals surface area contributed by atoms with E-state index in [-0.39, 0.29) is 4.90 Å². The summed E-state index contributed by atoms with van der Waals surface area (Å²) in [6.45, 7) is 2.16. The lowest BCUT2D eigenvalue weighted by molar-refractivity contribution is 0.199. The molecule has 2 N–H and O–H groups in total. The molecule has 4 nitrogen and oxygen atoms in total. The van der Waals surface area contributed by atoms with Gasteiger partial charge in [0.25, 0.3) is 0 Å². The Morgan fingerprint density at radius 3 is 2.40 bits per heavy atom. The largest absolute Gasteiger partial charge is 0.389 e. The number of hydrogen-bond acceptors (Lipinski definition) is 3. The third-order valence-corrected chi connectivity index (χ3v) is 5.47. The molecular formula is C15H23NO3S. The molecule has 2 rings (SSSR count). The third kappa shape index (κ3) is 4.04. The van der Waals surface area contributed by atoms with Crippen LogP contribution in [0.4, 0.5) is 0 Å². The van der Waals surface area contributed by atoms with E-state index in [9.17, 15) is 13.5 Å². The van der Waals surface area contributed by atoms with Crippen molar-refractivity contribution in [3.05, 3.63) is 29.8 Å². The lowest BCUT2D eigenvalue weighted by Crippen LogP contribution is -2.26. The highest BCUT2D eigenvalue weighted by atomic mass is 32.2. The molecule has 1 aromatic rings. The van der Waals surface area contributed by atoms with Crippen LogP contribution >= 0.6 is 0 Å². The van der Waals surface area contributed by atoms with Gasteiger partial charge in [0.05, 0.1) is 11.0 Å². The topological polar surface area (TPSA) is 66.4 Å². The highest BCUT2D eigenvalue weighted by Crippen LogP contribution is 2.27. The van der Waals surface area contributed by atoms with Crippen LogP contribution in [0.25, 0.3) is 0 Å². The SMILES string of the molecule is CC(O)c1ccc(S(=O)(=O)NCCC2CCCC2)cc1. The van der Waals surface area contributed by atoms with E-state index in [1.54, 1.807) is 31.2 Å². The molecule has 0 aliphatic heterocycles. The van der Waals surface area contributed by atoms with Gasteiger partial charge < -0.3 is 5.11 Å². The molecule has 0 heterocycles. The maximum Gasteiger partial charge on any atom is 0.240 e. The number of benzene rings is 1. The molecule has 5 heteroatoms. The van der Waals surface area contributed by atoms with Crippen molar-refractivity contribution >= 4 is 10.0 Å². The Balaban J connectivity index is 1.91. The zero-order valence-electron chi connectivity index (χ0n) is 11.9. The van der Waals surface area contributed by atoms with Crippen LogP contribution in [0.1, 0.15) is 50.7 Å². The van der Waals surface area contributed by atoms with E-state index in [1.807, 2.05) is 0 Å². The predicted octanol–water partition coefficient (Wildman–Crippen LogP) is 2.60. The van der Waals surface area contributed by atoms with Gasteiger partial charge in [-0.15, -0.1) is 0 Å². The summed E-state index contributed by atoms with van der Waals surface area (Å²) in [4.78, 5) is 0.258. The van der Waals surface area contributed by atoms with Crippen molar-refractivity contribution in [2.75, 3.05) is 6.54 Å². The van der Waals surface area contributed by atoms with Gasteiger partial charge in [-0.3, -0.25) is 0 Å². The lowest BCUT2D eigenvalue weighted by Gasteiger charge is -2.11. The lowest BCUT2D eigenvalue weighted by atomic mass is 10.1. The zero-order chi connectivity index (χ0) is 14.6. The molecule has 0 aromatic heterocycles. The standard InChI is InChI=1S/C15H23NO3S/c1-12(17)14-6-8-15(9-7-14)20(18,19)16-11-10-13-4-2-3-5-13/h6-9,12-13,16-17H,2-5,10-11H2,1H3. The minimum absolute atomic E-state index is 0.258. The van der Waals surface area contributed by atoms with Gasteiger partial charge in [-0.05, 0) is 37.0 Å². The van der Waals surface area contributed by atoms with Gasteiger partial charge in [0, 0.05) is 6.54 Å². The number of hydrogen-bond donors (Lipinski definition) is 2. The number of sulfonamides is 1. The fraction of sp³-hybridized carbons (Fsp3) is 0.600. The fourth-order valence-corrected chi connectivity index (χ4v) is 3.75. The van der Waals surface area contributed by atoms with Crippen LogP contribution in [-0.2, 0) is 10.0 Å². The average molecular weight is 297 g/mol. The summed E-state index contributed by atoms with van der Waals surface area (Å²) in [6, 6.07) is 6.38. The molecule has 0 amide bonds. The second kappa shape index (κ2) is 6.70. The highest BCUT2D eigenvalue weighted by Gasteiger charge is 2.17. The molecule has 0 spiro atoms. The number of rotatable bonds is 6. The Hall–Kier alpha value is -0.910. The van der Waals surface area contributed by atoms with Crippen LogP contribution in [0.3, 0.4) is 0 Å². The smallest absolute Gasteiger partial charge is 0.240 e. The number of aliphatic hydroxyl groups is 1. The monoisotopic (exact) mass is 297 g/mol. The average Bonchev–Trinajstić information content (AvgIpc) is 2.92. The van der Waals surface area contributed by atoms with E-state index >= 15 is 0 Å². The first-order chi connectivity index (χ1) is 9.49. The van der Waals surface area contributed by atoms with Crippen molar-refractivity contribution in [3.63, 3.8) is 0 Å². The number of aliphatic hydroxyl groups excluding tert-OH is 1. The van der Waals surface area contributed by atoms with E-state index in [0.29, 0.717) is 12.5 Å². The van der Waals surface area contributed by atoms with Crippen molar-refractivity contribution < 1.29 is 13.5 Å². The molecule has 1 fully saturated rings. The molecule has 1 aliphatic carbocycles. The molecule has 1 atom stereocenters. The van der Waals surface area contributed by atoms with Crippen LogP contribution in [0.2, 0.25) is 0 Å². The minimum Gasteiger partial charge on any atom is -0.389 e. The summed E-state index contributed by atoms with van der Waals surface area (Å²) >= 11 is 0. The van der Waals surface area contributed by atoms with Crippen LogP contribution < -0.4 is 4.72 Å². The Morgan fingerprint density at radius 2 is 1.85 bits per heavy atom. The summed E-state index contributed by atoms with van der Waals surface area (Å²) in [5.74, 6) is 0.676. The minimum atomic E-state index is -3.43. The molecule has 1 aromatic carbocycles. The first-order valence-corrected chi connectivity index (χ1v) is 8.75. The second-order valence-corrected chi connectivity index (χ2v) is 7.35. The van der Waals surface area contributed by atoms with E-state index in [4.69, 9.17) is 0 Å². The molecular weight excluding hydrogens is 274 g/mol. The van der Waals surface area contributed by atoms with Crippen LogP contribution in [0.15, 0.2) is 29.2 Å². The van der Waals surface area contributed by atoms with E-state index in [0.717, 1.165) is 12.0 Å². The quantitative estimate of drug-likeness (QED) is 0.848. The summed E-state index contributed by atoms with van der Waals surface area (Å²) in [7, 11) is -3.43. The first-order valence-electron chi connectivity index (χ1n) is 7.27. The molecule has 20 heavy (non-hydrogen) atoms. The summed E-state index contributed by atoms with van der Waals surface area (Å²) < 4.78 is 26.9. The molecule has 1 unspecified atom stereocenters. The van der Waals surface area contributed by atoms with Crippen molar-refractivity contribution in [2.45, 2.75) is 50.0 Å². The van der Waals surface area contributed by atoms with Gasteiger partial charge in [-0.25, -0.2) is 13.1 Å². The normalized spacial score (nSPS) is 18.3. The van der Waals surface area contributed by atoms with Crippen LogP contribution in [0, 0.1) is 5.92 Å². The second-order valence-electron chi connectivity index (χ2n) is 5.58. The molecule has 1 aliphatic rings. The third-order valence-electron chi connectivity index (χ3n) is 3.99. The molecule has 1 saturated carbocycles. The highest BCUT2D eigenvalue weighted by molar-refractivity contribution is 7.89. The van der Waals surface area contributed by atoms with Crippen molar-refractivity contribution in [1.82, 2.24) is 4.72 Å². The van der Waals surface area contributed by atoms with E-state index < -0.39 is 16.1 Å². The first kappa shape index (κ1) is 15.5. The molecule has 0 radical (unpaired) electrons. The maximum absolute atomic E-state index is 12.1. The van der Waals surface area contributed by atoms with Gasteiger partial charge in [0.1, 0.15) is 0 Å². The van der Waals surface area contributed by atoms with Gasteiger partial charge in [-0.2, -0.15) is 0 Å². The molecule has 112 valence electrons. The van der Waals surface area contributed by atoms with Crippen molar-refractivity contribution in [1.29, 1.82) is 0 Å². The van der Waals surface area contributed by atoms with E-state index in [2.05, 4.69) is 4.72 Å². The van der Waals surface area contributed by atoms with Gasteiger partial charge in [-0.1, -0.05) is 37.8 Å². The molecule has 0 bridgehead atoms. The summed E-state index contributed by atoms with van der Waals surface area (Å²) in [5, 5.41) is 9.42. The summed E-state index contributed by atoms with van der Waals surface area (Å²) in [5.41, 5.74) is 0.718. The van der Waals surface area contributed by atoms with E-state index in [1.165, 1.54) is 25.7 Å². The molecule has 0 saturated heterocycles. The van der Waals surface area contributed by atoms with Crippen molar-refractivity contribution in [2.24, 2.45) is 5.92 Å². The van der Waals surface area contributed by atoms with Crippen LogP contribution in [-0.4, -0.2) is 20.1 Å². The maximum atomic E-state index is 12.1. The van der Waals surface area contributed by atoms with Crippen molar-refractivity contribution in [3.8, 4) is 0 Å². The Morgan fingerprint density at radius 1 is 1.25 bits per heavy atom. The van der Waals surface area contributed by atoms with Gasteiger partial charge in [0.2, 0.25) is 10.0 Å². The fourth-order valence-electron chi connectivity index (χ4n) is 2.71. The Bertz CT molecular complexity index is 517. The Labute approximate surface area is 121 Å².